The second-order valence-corrected chi connectivity index (χ2v) is 6.53. The van der Waals surface area contributed by atoms with E-state index in [0.29, 0.717) is 6.42 Å². The Morgan fingerprint density at radius 3 is 2.00 bits per heavy atom. The molecule has 0 aliphatic carbocycles. The molecule has 0 saturated heterocycles. The van der Waals surface area contributed by atoms with Crippen LogP contribution in [0, 0.1) is 11.3 Å². The highest BCUT2D eigenvalue weighted by Crippen LogP contribution is 2.28. The number of hydrogen-bond acceptors (Lipinski definition) is 4. The molecule has 0 unspecified atom stereocenters. The molecule has 5 heteroatoms. The number of methoxy groups -OCH3 is 1. The molecule has 0 aliphatic heterocycles. The van der Waals surface area contributed by atoms with Crippen molar-refractivity contribution in [1.82, 2.24) is 5.32 Å². The summed E-state index contributed by atoms with van der Waals surface area (Å²) in [6.07, 6.45) is 0.541. The molecular formula is C14H28N2O3. The van der Waals surface area contributed by atoms with Crippen molar-refractivity contribution in [1.29, 1.82) is 0 Å². The average Bonchev–Trinajstić information content (AvgIpc) is 2.24. The summed E-state index contributed by atoms with van der Waals surface area (Å²) >= 11 is 0. The monoisotopic (exact) mass is 272 g/mol. The highest BCUT2D eigenvalue weighted by molar-refractivity contribution is 5.88. The maximum atomic E-state index is 12.3. The van der Waals surface area contributed by atoms with Crippen LogP contribution in [0.5, 0.6) is 0 Å². The molecule has 1 atom stereocenters. The molecule has 0 fully saturated rings. The molecule has 112 valence electrons. The van der Waals surface area contributed by atoms with Crippen molar-refractivity contribution in [2.75, 3.05) is 7.11 Å². The van der Waals surface area contributed by atoms with Crippen molar-refractivity contribution in [2.24, 2.45) is 17.1 Å². The summed E-state index contributed by atoms with van der Waals surface area (Å²) < 4.78 is 4.73. The molecule has 19 heavy (non-hydrogen) atoms. The Morgan fingerprint density at radius 1 is 1.21 bits per heavy atom. The van der Waals surface area contributed by atoms with Crippen LogP contribution in [0.3, 0.4) is 0 Å². The van der Waals surface area contributed by atoms with Gasteiger partial charge in [0.25, 0.3) is 0 Å². The van der Waals surface area contributed by atoms with E-state index >= 15 is 0 Å². The summed E-state index contributed by atoms with van der Waals surface area (Å²) in [4.78, 5) is 24.0. The maximum absolute atomic E-state index is 12.3. The second kappa shape index (κ2) is 6.37. The van der Waals surface area contributed by atoms with Gasteiger partial charge in [0.1, 0.15) is 6.04 Å². The van der Waals surface area contributed by atoms with Crippen molar-refractivity contribution < 1.29 is 14.3 Å². The summed E-state index contributed by atoms with van der Waals surface area (Å²) in [6, 6.07) is -0.626. The number of hydrogen-bond donors (Lipinski definition) is 2. The first-order chi connectivity index (χ1) is 8.43. The molecule has 0 aliphatic rings. The van der Waals surface area contributed by atoms with E-state index < -0.39 is 23.0 Å². The molecule has 0 heterocycles. The van der Waals surface area contributed by atoms with Crippen LogP contribution in [-0.4, -0.2) is 30.6 Å². The third-order valence-electron chi connectivity index (χ3n) is 3.68. The summed E-state index contributed by atoms with van der Waals surface area (Å²) in [5.74, 6) is -0.387. The summed E-state index contributed by atoms with van der Waals surface area (Å²) in [7, 11) is 1.32. The van der Waals surface area contributed by atoms with Crippen LogP contribution in [-0.2, 0) is 14.3 Å². The van der Waals surface area contributed by atoms with Crippen LogP contribution in [0.15, 0.2) is 0 Å². The van der Waals surface area contributed by atoms with Crippen molar-refractivity contribution in [3.05, 3.63) is 0 Å². The maximum Gasteiger partial charge on any atom is 0.328 e. The molecular weight excluding hydrogens is 244 g/mol. The van der Waals surface area contributed by atoms with E-state index in [9.17, 15) is 9.59 Å². The lowest BCUT2D eigenvalue weighted by Gasteiger charge is -2.37. The van der Waals surface area contributed by atoms with Gasteiger partial charge in [0, 0.05) is 5.54 Å². The lowest BCUT2D eigenvalue weighted by atomic mass is 9.74. The van der Waals surface area contributed by atoms with Gasteiger partial charge >= 0.3 is 5.97 Å². The smallest absolute Gasteiger partial charge is 0.328 e. The number of nitrogens with two attached hydrogens (primary N) is 1. The van der Waals surface area contributed by atoms with Crippen molar-refractivity contribution in [2.45, 2.75) is 59.5 Å². The minimum atomic E-state index is -0.781. The zero-order chi connectivity index (χ0) is 15.4. The molecule has 0 aromatic heterocycles. The quantitative estimate of drug-likeness (QED) is 0.717. The Balaban J connectivity index is 4.96. The van der Waals surface area contributed by atoms with Crippen LogP contribution in [0.1, 0.15) is 48.0 Å². The third kappa shape index (κ3) is 4.82. The van der Waals surface area contributed by atoms with E-state index in [1.807, 2.05) is 13.8 Å². The highest BCUT2D eigenvalue weighted by Gasteiger charge is 2.41. The molecule has 3 N–H and O–H groups in total. The molecule has 0 saturated carbocycles. The number of amides is 1. The minimum Gasteiger partial charge on any atom is -0.467 e. The van der Waals surface area contributed by atoms with Crippen molar-refractivity contribution >= 4 is 11.9 Å². The van der Waals surface area contributed by atoms with E-state index in [2.05, 4.69) is 5.32 Å². The van der Waals surface area contributed by atoms with Gasteiger partial charge in [-0.15, -0.1) is 0 Å². The summed E-state index contributed by atoms with van der Waals surface area (Å²) in [5.41, 5.74) is 4.56. The number of esters is 1. The fraction of sp³-hybridized carbons (Fsp3) is 0.857. The van der Waals surface area contributed by atoms with Crippen LogP contribution in [0.2, 0.25) is 0 Å². The van der Waals surface area contributed by atoms with E-state index in [1.54, 1.807) is 27.7 Å². The first-order valence-electron chi connectivity index (χ1n) is 6.61. The molecule has 5 nitrogen and oxygen atoms in total. The highest BCUT2D eigenvalue weighted by atomic mass is 16.5. The van der Waals surface area contributed by atoms with Crippen molar-refractivity contribution in [3.8, 4) is 0 Å². The van der Waals surface area contributed by atoms with E-state index in [1.165, 1.54) is 7.11 Å². The van der Waals surface area contributed by atoms with Crippen LogP contribution in [0.4, 0.5) is 0 Å². The first-order valence-corrected chi connectivity index (χ1v) is 6.61. The van der Waals surface area contributed by atoms with Gasteiger partial charge < -0.3 is 15.8 Å². The summed E-state index contributed by atoms with van der Waals surface area (Å²) in [5, 5.41) is 2.75. The van der Waals surface area contributed by atoms with Gasteiger partial charge in [0.05, 0.1) is 12.5 Å². The number of carbonyl (C=O) groups is 2. The molecule has 0 rings (SSSR count). The molecule has 0 spiro atoms. The van der Waals surface area contributed by atoms with Crippen LogP contribution < -0.4 is 11.1 Å². The number of nitrogens with one attached hydrogen (secondary N) is 1. The van der Waals surface area contributed by atoms with Gasteiger partial charge in [0.15, 0.2) is 0 Å². The minimum absolute atomic E-state index is 0.240. The topological polar surface area (TPSA) is 81.4 Å². The molecule has 0 bridgehead atoms. The Bertz CT molecular complexity index is 330. The molecule has 0 aromatic carbocycles. The van der Waals surface area contributed by atoms with Gasteiger partial charge in [-0.3, -0.25) is 4.79 Å². The average molecular weight is 272 g/mol. The van der Waals surface area contributed by atoms with E-state index in [0.717, 1.165) is 0 Å². The SMILES string of the molecule is COC(=O)[C@H](CC(C)C)NC(=O)C(C)(C)C(C)(C)N. The molecule has 0 radical (unpaired) electrons. The Kier molecular flexibility index (Phi) is 6.00. The zero-order valence-electron chi connectivity index (χ0n) is 13.2. The largest absolute Gasteiger partial charge is 0.467 e. The van der Waals surface area contributed by atoms with Gasteiger partial charge in [-0.05, 0) is 40.0 Å². The predicted octanol–water partition coefficient (Wildman–Crippen LogP) is 1.45. The van der Waals surface area contributed by atoms with Crippen molar-refractivity contribution in [3.63, 3.8) is 0 Å². The Labute approximate surface area is 116 Å². The van der Waals surface area contributed by atoms with E-state index in [-0.39, 0.29) is 11.8 Å². The van der Waals surface area contributed by atoms with Gasteiger partial charge in [-0.1, -0.05) is 13.8 Å². The Morgan fingerprint density at radius 2 is 1.68 bits per heavy atom. The first kappa shape index (κ1) is 17.9. The summed E-state index contributed by atoms with van der Waals surface area (Å²) in [6.45, 7) is 11.1. The van der Waals surface area contributed by atoms with Gasteiger partial charge in [-0.25, -0.2) is 4.79 Å². The van der Waals surface area contributed by atoms with Gasteiger partial charge in [0.2, 0.25) is 5.91 Å². The second-order valence-electron chi connectivity index (χ2n) is 6.53. The molecule has 1 amide bonds. The standard InChI is InChI=1S/C14H28N2O3/c1-9(2)8-10(11(17)19-7)16-12(18)13(3,4)14(5,6)15/h9-10H,8,15H2,1-7H3,(H,16,18)/t10-/m0/s1. The number of ether oxygens (including phenoxy) is 1. The predicted molar refractivity (Wildman–Crippen MR) is 75.4 cm³/mol. The normalized spacial score (nSPS) is 14.2. The van der Waals surface area contributed by atoms with E-state index in [4.69, 9.17) is 10.5 Å². The lowest BCUT2D eigenvalue weighted by molar-refractivity contribution is -0.147. The van der Waals surface area contributed by atoms with Gasteiger partial charge in [-0.2, -0.15) is 0 Å². The van der Waals surface area contributed by atoms with Crippen LogP contribution >= 0.6 is 0 Å². The number of rotatable bonds is 6. The third-order valence-corrected chi connectivity index (χ3v) is 3.68. The zero-order valence-corrected chi connectivity index (χ0v) is 13.2. The lowest BCUT2D eigenvalue weighted by Crippen LogP contribution is -2.58. The van der Waals surface area contributed by atoms with Crippen LogP contribution in [0.25, 0.3) is 0 Å². The Hall–Kier alpha value is -1.10. The number of carbonyl (C=O) groups excluding carboxylic acids is 2. The fourth-order valence-corrected chi connectivity index (χ4v) is 1.46. The fourth-order valence-electron chi connectivity index (χ4n) is 1.46. The molecule has 0 aromatic rings.